The van der Waals surface area contributed by atoms with Gasteiger partial charge < -0.3 is 10.5 Å². The van der Waals surface area contributed by atoms with Crippen LogP contribution in [0, 0.1) is 0 Å². The van der Waals surface area contributed by atoms with Gasteiger partial charge in [0.1, 0.15) is 0 Å². The van der Waals surface area contributed by atoms with Gasteiger partial charge in [0.15, 0.2) is 0 Å². The number of ether oxygens (including phenoxy) is 1. The summed E-state index contributed by atoms with van der Waals surface area (Å²) in [6, 6.07) is 0. The molecule has 2 nitrogen and oxygen atoms in total. The van der Waals surface area contributed by atoms with Crippen molar-refractivity contribution in [2.45, 2.75) is 25.9 Å². The molecule has 0 fully saturated rings. The molecule has 2 N–H and O–H groups in total. The van der Waals surface area contributed by atoms with Gasteiger partial charge in [-0.1, -0.05) is 6.92 Å². The van der Waals surface area contributed by atoms with Crippen LogP contribution in [0.25, 0.3) is 0 Å². The Morgan fingerprint density at radius 1 is 1.55 bits per heavy atom. The van der Waals surface area contributed by atoms with E-state index in [1.807, 2.05) is 11.8 Å². The molecule has 0 saturated heterocycles. The van der Waals surface area contributed by atoms with Gasteiger partial charge >= 0.3 is 0 Å². The summed E-state index contributed by atoms with van der Waals surface area (Å²) in [6.07, 6.45) is 1.22. The second-order valence-corrected chi connectivity index (χ2v) is 4.02. The monoisotopic (exact) mass is 177 g/mol. The van der Waals surface area contributed by atoms with Gasteiger partial charge in [0.2, 0.25) is 0 Å². The predicted octanol–water partition coefficient (Wildman–Crippen LogP) is 1.49. The Balaban J connectivity index is 3.51. The maximum atomic E-state index is 5.56. The maximum absolute atomic E-state index is 5.56. The Labute approximate surface area is 73.9 Å². The topological polar surface area (TPSA) is 35.2 Å². The lowest BCUT2D eigenvalue weighted by Crippen LogP contribution is -2.39. The zero-order valence-corrected chi connectivity index (χ0v) is 8.54. The van der Waals surface area contributed by atoms with Crippen molar-refractivity contribution in [2.24, 2.45) is 5.73 Å². The maximum Gasteiger partial charge on any atom is 0.0862 e. The fourth-order valence-corrected chi connectivity index (χ4v) is 1.73. The molecule has 0 spiro atoms. The summed E-state index contributed by atoms with van der Waals surface area (Å²) in [5, 5.41) is 0. The van der Waals surface area contributed by atoms with Crippen molar-refractivity contribution in [3.63, 3.8) is 0 Å². The van der Waals surface area contributed by atoms with Crippen LogP contribution in [0.4, 0.5) is 0 Å². The molecule has 0 aliphatic heterocycles. The van der Waals surface area contributed by atoms with E-state index in [1.165, 1.54) is 12.2 Å². The van der Waals surface area contributed by atoms with Gasteiger partial charge in [-0.3, -0.25) is 0 Å². The number of hydrogen-bond donors (Lipinski definition) is 1. The molecule has 0 saturated carbocycles. The van der Waals surface area contributed by atoms with Gasteiger partial charge in [-0.05, 0) is 19.1 Å². The molecule has 0 aromatic heterocycles. The van der Waals surface area contributed by atoms with Crippen LogP contribution in [0.2, 0.25) is 0 Å². The normalized spacial score (nSPS) is 16.4. The number of nitrogens with two attached hydrogens (primary N) is 1. The number of methoxy groups -OCH3 is 1. The molecule has 0 aliphatic carbocycles. The van der Waals surface area contributed by atoms with E-state index in [-0.39, 0.29) is 5.60 Å². The third-order valence-corrected chi connectivity index (χ3v) is 3.19. The average molecular weight is 177 g/mol. The molecule has 0 heterocycles. The van der Waals surface area contributed by atoms with E-state index in [0.29, 0.717) is 6.54 Å². The molecule has 0 aliphatic rings. The number of hydrogen-bond acceptors (Lipinski definition) is 3. The van der Waals surface area contributed by atoms with E-state index in [0.717, 1.165) is 5.75 Å². The van der Waals surface area contributed by atoms with E-state index in [9.17, 15) is 0 Å². The highest BCUT2D eigenvalue weighted by molar-refractivity contribution is 7.99. The zero-order chi connectivity index (χ0) is 8.74. The van der Waals surface area contributed by atoms with Crippen LogP contribution in [0.15, 0.2) is 0 Å². The Morgan fingerprint density at radius 3 is 2.55 bits per heavy atom. The van der Waals surface area contributed by atoms with Crippen molar-refractivity contribution in [3.8, 4) is 0 Å². The lowest BCUT2D eigenvalue weighted by Gasteiger charge is -2.25. The lowest BCUT2D eigenvalue weighted by molar-refractivity contribution is 0.0350. The van der Waals surface area contributed by atoms with E-state index in [4.69, 9.17) is 10.5 Å². The summed E-state index contributed by atoms with van der Waals surface area (Å²) < 4.78 is 5.29. The lowest BCUT2D eigenvalue weighted by atomic mass is 10.1. The standard InChI is InChI=1S/C8H19NOS/c1-4-5-11-7-8(2,6-9)10-3/h4-7,9H2,1-3H3. The second kappa shape index (κ2) is 5.86. The Kier molecular flexibility index (Phi) is 6.01. The smallest absolute Gasteiger partial charge is 0.0862 e. The molecule has 68 valence electrons. The SMILES string of the molecule is CCCSCC(C)(CN)OC. The minimum absolute atomic E-state index is 0.125. The Bertz CT molecular complexity index is 94.1. The van der Waals surface area contributed by atoms with Crippen molar-refractivity contribution in [2.75, 3.05) is 25.2 Å². The molecule has 11 heavy (non-hydrogen) atoms. The molecule has 3 heteroatoms. The van der Waals surface area contributed by atoms with Crippen LogP contribution in [-0.2, 0) is 4.74 Å². The molecule has 0 aromatic carbocycles. The highest BCUT2D eigenvalue weighted by atomic mass is 32.2. The average Bonchev–Trinajstić information content (AvgIpc) is 2.05. The van der Waals surface area contributed by atoms with E-state index in [1.54, 1.807) is 7.11 Å². The first-order chi connectivity index (χ1) is 5.18. The number of thioether (sulfide) groups is 1. The molecule has 0 radical (unpaired) electrons. The molecule has 0 rings (SSSR count). The van der Waals surface area contributed by atoms with Gasteiger partial charge in [-0.25, -0.2) is 0 Å². The van der Waals surface area contributed by atoms with Crippen molar-refractivity contribution >= 4 is 11.8 Å². The van der Waals surface area contributed by atoms with Crippen LogP contribution in [-0.4, -0.2) is 30.8 Å². The first kappa shape index (κ1) is 11.3. The molecule has 1 atom stereocenters. The van der Waals surface area contributed by atoms with Gasteiger partial charge in [0.05, 0.1) is 5.60 Å². The third-order valence-electron chi connectivity index (χ3n) is 1.68. The number of rotatable bonds is 6. The van der Waals surface area contributed by atoms with Crippen LogP contribution in [0.3, 0.4) is 0 Å². The van der Waals surface area contributed by atoms with Crippen LogP contribution in [0.1, 0.15) is 20.3 Å². The highest BCUT2D eigenvalue weighted by Gasteiger charge is 2.20. The van der Waals surface area contributed by atoms with Crippen LogP contribution >= 0.6 is 11.8 Å². The highest BCUT2D eigenvalue weighted by Crippen LogP contribution is 2.15. The van der Waals surface area contributed by atoms with Crippen molar-refractivity contribution in [1.82, 2.24) is 0 Å². The Hall–Kier alpha value is 0.270. The Morgan fingerprint density at radius 2 is 2.18 bits per heavy atom. The van der Waals surface area contributed by atoms with Crippen LogP contribution < -0.4 is 5.73 Å². The summed E-state index contributed by atoms with van der Waals surface area (Å²) in [4.78, 5) is 0. The van der Waals surface area contributed by atoms with Gasteiger partial charge in [-0.2, -0.15) is 11.8 Å². The molecule has 0 bridgehead atoms. The molecular formula is C8H19NOS. The molecule has 0 amide bonds. The summed E-state index contributed by atoms with van der Waals surface area (Å²) in [5.74, 6) is 2.19. The largest absolute Gasteiger partial charge is 0.376 e. The van der Waals surface area contributed by atoms with Gasteiger partial charge in [0, 0.05) is 19.4 Å². The minimum Gasteiger partial charge on any atom is -0.376 e. The minimum atomic E-state index is -0.125. The van der Waals surface area contributed by atoms with E-state index < -0.39 is 0 Å². The summed E-state index contributed by atoms with van der Waals surface area (Å²) in [6.45, 7) is 4.83. The van der Waals surface area contributed by atoms with E-state index in [2.05, 4.69) is 13.8 Å². The van der Waals surface area contributed by atoms with Crippen molar-refractivity contribution in [3.05, 3.63) is 0 Å². The van der Waals surface area contributed by atoms with Gasteiger partial charge in [0.25, 0.3) is 0 Å². The first-order valence-corrected chi connectivity index (χ1v) is 5.17. The van der Waals surface area contributed by atoms with E-state index >= 15 is 0 Å². The van der Waals surface area contributed by atoms with Gasteiger partial charge in [-0.15, -0.1) is 0 Å². The quantitative estimate of drug-likeness (QED) is 0.624. The third kappa shape index (κ3) is 4.67. The first-order valence-electron chi connectivity index (χ1n) is 4.01. The summed E-state index contributed by atoms with van der Waals surface area (Å²) in [7, 11) is 1.72. The van der Waals surface area contributed by atoms with Crippen molar-refractivity contribution < 1.29 is 4.74 Å². The summed E-state index contributed by atoms with van der Waals surface area (Å²) >= 11 is 1.90. The fraction of sp³-hybridized carbons (Fsp3) is 1.00. The molecule has 1 unspecified atom stereocenters. The van der Waals surface area contributed by atoms with Crippen LogP contribution in [0.5, 0.6) is 0 Å². The summed E-state index contributed by atoms with van der Waals surface area (Å²) in [5.41, 5.74) is 5.44. The predicted molar refractivity (Wildman–Crippen MR) is 52.1 cm³/mol. The zero-order valence-electron chi connectivity index (χ0n) is 7.72. The fourth-order valence-electron chi connectivity index (χ4n) is 0.634. The molecular weight excluding hydrogens is 158 g/mol. The second-order valence-electron chi connectivity index (χ2n) is 2.91. The van der Waals surface area contributed by atoms with Crippen molar-refractivity contribution in [1.29, 1.82) is 0 Å². The molecule has 0 aromatic rings.